The first-order valence-corrected chi connectivity index (χ1v) is 31.1. The largest absolute Gasteiger partial charge is 0.463 e. The molecule has 4 aliphatic carbocycles. The van der Waals surface area contributed by atoms with Crippen molar-refractivity contribution in [2.45, 2.75) is 279 Å². The monoisotopic (exact) mass is 1250 g/mol. The van der Waals surface area contributed by atoms with E-state index in [1.807, 2.05) is 20.8 Å². The Balaban J connectivity index is 0.915. The lowest BCUT2D eigenvalue weighted by Crippen LogP contribution is -2.68. The quantitative estimate of drug-likeness (QED) is 0.0360. The van der Waals surface area contributed by atoms with Crippen molar-refractivity contribution in [3.63, 3.8) is 0 Å². The molecule has 87 heavy (non-hydrogen) atoms. The zero-order valence-electron chi connectivity index (χ0n) is 51.3. The highest BCUT2D eigenvalue weighted by Crippen LogP contribution is 2.76. The molecule has 0 bridgehead atoms. The molecule has 5 heterocycles. The Morgan fingerprint density at radius 2 is 1.10 bits per heavy atom. The van der Waals surface area contributed by atoms with Gasteiger partial charge in [-0.25, -0.2) is 0 Å². The third kappa shape index (κ3) is 12.9. The molecule has 9 rings (SSSR count). The van der Waals surface area contributed by atoms with E-state index in [1.165, 1.54) is 0 Å². The molecule has 0 radical (unpaired) electrons. The van der Waals surface area contributed by atoms with Gasteiger partial charge >= 0.3 is 5.97 Å². The lowest BCUT2D eigenvalue weighted by Gasteiger charge is -2.71. The standard InChI is InChI=1S/C60H100O27/c1-25(2)11-10-15-60(9,87-53-48(76)44(72)41(69)33(83-53)24-79-54-49(42(70)31(21-62)80-54)85-51-46(74)38(66)29(65)22-78-51)27-12-17-59(8)37(27)28(64)19-35-57(6)16-14-36(56(4,5)34(57)13-18-58(35,59)7)84-55-50(45(73)39(67)30(20-61)81-55)86-52-47(75)43(71)40(68)32(82-52)23-77-26(3)63/h11,27-55,61-62,64-76H,10,12-24H2,1-9H3/t27-,28+,29+,30+,31-,32+,33+,34-,35+,36-,37-,38-,39+,40+,41+,42-,43-,44-,45-,46+,47+,48+,49+,50+,51-,52-,53-,54+,55-,57-,58+,59+,60-/m0/s1. The van der Waals surface area contributed by atoms with E-state index >= 15 is 0 Å². The average molecular weight is 1250 g/mol. The minimum Gasteiger partial charge on any atom is -0.463 e. The fourth-order valence-corrected chi connectivity index (χ4v) is 17.4. The minimum atomic E-state index is -1.86. The first-order valence-electron chi connectivity index (χ1n) is 31.1. The van der Waals surface area contributed by atoms with Gasteiger partial charge in [-0.3, -0.25) is 4.79 Å². The van der Waals surface area contributed by atoms with Gasteiger partial charge in [0, 0.05) is 6.92 Å². The van der Waals surface area contributed by atoms with Gasteiger partial charge in [-0.1, -0.05) is 46.3 Å². The Hall–Kier alpha value is -1.79. The normalized spacial score (nSPS) is 51.4. The van der Waals surface area contributed by atoms with E-state index in [9.17, 15) is 81.4 Å². The third-order valence-corrected chi connectivity index (χ3v) is 22.5. The van der Waals surface area contributed by atoms with Crippen molar-refractivity contribution in [1.29, 1.82) is 0 Å². The smallest absolute Gasteiger partial charge is 0.302 e. The van der Waals surface area contributed by atoms with Crippen molar-refractivity contribution < 1.29 is 133 Å². The van der Waals surface area contributed by atoms with Crippen LogP contribution in [0.15, 0.2) is 11.6 Å². The molecule has 4 saturated carbocycles. The topological polar surface area (TPSA) is 422 Å². The number of aliphatic hydroxyl groups excluding tert-OH is 15. The number of fused-ring (bicyclic) bond motifs is 5. The van der Waals surface area contributed by atoms with Crippen LogP contribution in [0.3, 0.4) is 0 Å². The van der Waals surface area contributed by atoms with Gasteiger partial charge in [-0.2, -0.15) is 0 Å². The SMILES string of the molecule is CC(=O)OC[C@H]1O[C@@H](O[C@H]2[C@H](O[C@H]3CC[C@]4(C)[C@H]5C[C@@H](O)[C@@H]6[C@@H]([C@](C)(CCC=C(C)C)O[C@@H]7O[C@H](CO[C@@H]8O[C@@H](CO)[C@H](O)[C@H]8O[C@@H]8OC[C@@H](O)[C@H](O)[C@H]8O)[C@@H](O)[C@H](O)[C@H]7O)CC[C@@]6(C)[C@]5(C)CC[C@H]4C3(C)C)O[C@H](CO)[C@@H](O)[C@@H]2O)[C@H](O)[C@@H](O)[C@@H]1O. The summed E-state index contributed by atoms with van der Waals surface area (Å²) in [6, 6.07) is 0. The predicted octanol–water partition coefficient (Wildman–Crippen LogP) is -2.53. The zero-order chi connectivity index (χ0) is 63.8. The fraction of sp³-hybridized carbons (Fsp3) is 0.950. The lowest BCUT2D eigenvalue weighted by atomic mass is 9.35. The molecular weight excluding hydrogens is 1150 g/mol. The van der Waals surface area contributed by atoms with Crippen LogP contribution in [-0.4, -0.2) is 275 Å². The number of carbonyl (C=O) groups is 1. The summed E-state index contributed by atoms with van der Waals surface area (Å²) in [5.41, 5.74) is -1.80. The van der Waals surface area contributed by atoms with Crippen LogP contribution in [0.2, 0.25) is 0 Å². The lowest BCUT2D eigenvalue weighted by molar-refractivity contribution is -0.378. The number of rotatable bonds is 19. The molecule has 27 nitrogen and oxygen atoms in total. The van der Waals surface area contributed by atoms with E-state index < -0.39 is 209 Å². The van der Waals surface area contributed by atoms with Gasteiger partial charge in [-0.15, -0.1) is 0 Å². The van der Waals surface area contributed by atoms with Crippen LogP contribution in [0, 0.1) is 45.3 Å². The molecule has 9 aliphatic rings. The van der Waals surface area contributed by atoms with E-state index in [1.54, 1.807) is 0 Å². The molecule has 502 valence electrons. The van der Waals surface area contributed by atoms with E-state index in [2.05, 4.69) is 40.7 Å². The number of hydrogen-bond acceptors (Lipinski definition) is 27. The average Bonchev–Trinajstić information content (AvgIpc) is 1.79. The van der Waals surface area contributed by atoms with Crippen molar-refractivity contribution in [3.05, 3.63) is 11.6 Å². The molecule has 0 unspecified atom stereocenters. The Bertz CT molecular complexity index is 2330. The maximum Gasteiger partial charge on any atom is 0.302 e. The highest BCUT2D eigenvalue weighted by molar-refractivity contribution is 5.65. The van der Waals surface area contributed by atoms with Gasteiger partial charge in [0.05, 0.1) is 44.2 Å². The summed E-state index contributed by atoms with van der Waals surface area (Å²) in [5.74, 6) is -1.30. The second-order valence-electron chi connectivity index (χ2n) is 28.2. The number of allylic oxidation sites excluding steroid dienone is 2. The van der Waals surface area contributed by atoms with Crippen molar-refractivity contribution in [1.82, 2.24) is 0 Å². The van der Waals surface area contributed by atoms with Crippen LogP contribution in [0.5, 0.6) is 0 Å². The minimum absolute atomic E-state index is 0.00415. The number of aliphatic hydroxyl groups is 15. The summed E-state index contributed by atoms with van der Waals surface area (Å²) in [4.78, 5) is 11.6. The summed E-state index contributed by atoms with van der Waals surface area (Å²) >= 11 is 0. The van der Waals surface area contributed by atoms with Crippen LogP contribution >= 0.6 is 0 Å². The Kier molecular flexibility index (Phi) is 21.5. The summed E-state index contributed by atoms with van der Waals surface area (Å²) < 4.78 is 66.2. The van der Waals surface area contributed by atoms with Gasteiger partial charge in [0.15, 0.2) is 31.5 Å². The van der Waals surface area contributed by atoms with Gasteiger partial charge in [0.25, 0.3) is 0 Å². The highest BCUT2D eigenvalue weighted by atomic mass is 16.8. The van der Waals surface area contributed by atoms with Crippen LogP contribution in [0.25, 0.3) is 0 Å². The van der Waals surface area contributed by atoms with E-state index in [-0.39, 0.29) is 34.5 Å². The molecule has 27 heteroatoms. The molecule has 33 atom stereocenters. The summed E-state index contributed by atoms with van der Waals surface area (Å²) in [7, 11) is 0. The van der Waals surface area contributed by atoms with E-state index in [0.717, 1.165) is 31.8 Å². The second-order valence-corrected chi connectivity index (χ2v) is 28.2. The Morgan fingerprint density at radius 3 is 1.75 bits per heavy atom. The zero-order valence-corrected chi connectivity index (χ0v) is 51.3. The molecule has 5 aliphatic heterocycles. The molecule has 0 amide bonds. The van der Waals surface area contributed by atoms with E-state index in [4.69, 9.17) is 52.1 Å². The van der Waals surface area contributed by atoms with Crippen molar-refractivity contribution >= 4 is 5.97 Å². The predicted molar refractivity (Wildman–Crippen MR) is 296 cm³/mol. The molecule has 0 aromatic carbocycles. The molecule has 0 aromatic rings. The third-order valence-electron chi connectivity index (χ3n) is 22.5. The van der Waals surface area contributed by atoms with Gasteiger partial charge < -0.3 is 129 Å². The van der Waals surface area contributed by atoms with Crippen molar-refractivity contribution in [2.75, 3.05) is 33.0 Å². The molecule has 5 saturated heterocycles. The first kappa shape index (κ1) is 69.5. The summed E-state index contributed by atoms with van der Waals surface area (Å²) in [6.45, 7) is 15.4. The van der Waals surface area contributed by atoms with Crippen LogP contribution < -0.4 is 0 Å². The van der Waals surface area contributed by atoms with Crippen molar-refractivity contribution in [2.24, 2.45) is 45.3 Å². The fourth-order valence-electron chi connectivity index (χ4n) is 17.4. The molecule has 9 fully saturated rings. The van der Waals surface area contributed by atoms with Crippen LogP contribution in [0.4, 0.5) is 0 Å². The highest BCUT2D eigenvalue weighted by Gasteiger charge is 2.72. The number of ether oxygens (including phenoxy) is 11. The summed E-state index contributed by atoms with van der Waals surface area (Å²) in [6.07, 6.45) is -30.2. The maximum atomic E-state index is 13.0. The first-order chi connectivity index (χ1) is 40.8. The second kappa shape index (κ2) is 26.9. The van der Waals surface area contributed by atoms with E-state index in [0.29, 0.717) is 38.5 Å². The Labute approximate surface area is 507 Å². The van der Waals surface area contributed by atoms with Crippen molar-refractivity contribution in [3.8, 4) is 0 Å². The molecule has 15 N–H and O–H groups in total. The van der Waals surface area contributed by atoms with Gasteiger partial charge in [0.1, 0.15) is 116 Å². The maximum absolute atomic E-state index is 13.0. The van der Waals surface area contributed by atoms with Crippen LogP contribution in [0.1, 0.15) is 120 Å². The number of esters is 1. The van der Waals surface area contributed by atoms with Crippen LogP contribution in [-0.2, 0) is 56.9 Å². The van der Waals surface area contributed by atoms with Gasteiger partial charge in [-0.05, 0) is 124 Å². The number of carbonyl (C=O) groups excluding carboxylic acids is 1. The molecule has 0 aromatic heterocycles. The Morgan fingerprint density at radius 1 is 0.552 bits per heavy atom. The number of hydrogen-bond donors (Lipinski definition) is 15. The molecule has 0 spiro atoms. The van der Waals surface area contributed by atoms with Gasteiger partial charge in [0.2, 0.25) is 0 Å². The molecular formula is C60H100O27. The summed E-state index contributed by atoms with van der Waals surface area (Å²) in [5, 5.41) is 165.